The Bertz CT molecular complexity index is 871. The molecule has 0 fully saturated rings. The number of hydrogen-bond acceptors (Lipinski definition) is 5. The molecule has 2 aromatic rings. The zero-order valence-electron chi connectivity index (χ0n) is 12.3. The first-order chi connectivity index (χ1) is 11.2. The van der Waals surface area contributed by atoms with Crippen LogP contribution < -0.4 is 9.46 Å². The van der Waals surface area contributed by atoms with Crippen molar-refractivity contribution in [2.24, 2.45) is 0 Å². The lowest BCUT2D eigenvalue weighted by Crippen LogP contribution is -2.17. The molecule has 0 aliphatic carbocycles. The van der Waals surface area contributed by atoms with Crippen molar-refractivity contribution >= 4 is 21.4 Å². The van der Waals surface area contributed by atoms with Crippen molar-refractivity contribution in [3.63, 3.8) is 0 Å². The molecule has 0 radical (unpaired) electrons. The van der Waals surface area contributed by atoms with Gasteiger partial charge >= 0.3 is 6.61 Å². The van der Waals surface area contributed by atoms with Gasteiger partial charge < -0.3 is 4.74 Å². The van der Waals surface area contributed by atoms with Crippen LogP contribution in [0.15, 0.2) is 47.4 Å². The summed E-state index contributed by atoms with van der Waals surface area (Å²) < 4.78 is 56.2. The van der Waals surface area contributed by atoms with Crippen molar-refractivity contribution in [3.05, 3.63) is 58.1 Å². The van der Waals surface area contributed by atoms with Crippen LogP contribution in [0.1, 0.15) is 5.56 Å². The lowest BCUT2D eigenvalue weighted by Gasteiger charge is -2.14. The van der Waals surface area contributed by atoms with Gasteiger partial charge in [0.2, 0.25) is 0 Å². The van der Waals surface area contributed by atoms with E-state index in [1.807, 2.05) is 0 Å². The van der Waals surface area contributed by atoms with E-state index >= 15 is 0 Å². The zero-order valence-corrected chi connectivity index (χ0v) is 13.1. The largest absolute Gasteiger partial charge is 0.433 e. The summed E-state index contributed by atoms with van der Waals surface area (Å²) in [4.78, 5) is 9.70. The lowest BCUT2D eigenvalue weighted by atomic mass is 10.2. The first-order valence-electron chi connectivity index (χ1n) is 6.53. The van der Waals surface area contributed by atoms with Gasteiger partial charge in [-0.15, -0.1) is 0 Å². The third-order valence-corrected chi connectivity index (χ3v) is 4.56. The van der Waals surface area contributed by atoms with Crippen molar-refractivity contribution in [1.82, 2.24) is 0 Å². The first kappa shape index (κ1) is 17.6. The van der Waals surface area contributed by atoms with Gasteiger partial charge in [-0.25, -0.2) is 8.42 Å². The molecule has 0 saturated heterocycles. The van der Waals surface area contributed by atoms with Gasteiger partial charge in [-0.2, -0.15) is 8.78 Å². The summed E-state index contributed by atoms with van der Waals surface area (Å²) in [6.45, 7) is -1.76. The predicted molar refractivity (Wildman–Crippen MR) is 81.7 cm³/mol. The number of nitro benzene ring substituents is 1. The highest BCUT2D eigenvalue weighted by Crippen LogP contribution is 2.32. The van der Waals surface area contributed by atoms with Gasteiger partial charge in [0.05, 0.1) is 10.6 Å². The zero-order chi connectivity index (χ0) is 17.9. The number of nitrogens with zero attached hydrogens (tertiary/aromatic N) is 1. The van der Waals surface area contributed by atoms with E-state index in [0.29, 0.717) is 0 Å². The predicted octanol–water partition coefficient (Wildman–Crippen LogP) is 3.31. The van der Waals surface area contributed by atoms with E-state index in [-0.39, 0.29) is 11.3 Å². The number of sulfonamides is 1. The van der Waals surface area contributed by atoms with Crippen LogP contribution in [0, 0.1) is 17.0 Å². The molecule has 0 atom stereocenters. The standard InChI is InChI=1S/C14H12F2N2O5S/c1-9-5-4-7-11(18(19)20)13(9)24(21,22)17-10-6-2-3-8-12(10)23-14(15)16/h2-8,14,17H,1H3. The molecule has 2 aromatic carbocycles. The van der Waals surface area contributed by atoms with Gasteiger partial charge in [-0.1, -0.05) is 24.3 Å². The lowest BCUT2D eigenvalue weighted by molar-refractivity contribution is -0.387. The Morgan fingerprint density at radius 2 is 1.83 bits per heavy atom. The second-order valence-corrected chi connectivity index (χ2v) is 6.28. The minimum Gasteiger partial charge on any atom is -0.433 e. The topological polar surface area (TPSA) is 98.5 Å². The molecule has 0 saturated carbocycles. The van der Waals surface area contributed by atoms with E-state index in [2.05, 4.69) is 9.46 Å². The molecule has 0 aromatic heterocycles. The van der Waals surface area contributed by atoms with E-state index in [1.165, 1.54) is 37.3 Å². The highest BCUT2D eigenvalue weighted by Gasteiger charge is 2.28. The van der Waals surface area contributed by atoms with Gasteiger partial charge in [0, 0.05) is 6.07 Å². The first-order valence-corrected chi connectivity index (χ1v) is 8.01. The molecule has 0 aliphatic heterocycles. The van der Waals surface area contributed by atoms with Crippen LogP contribution in [0.25, 0.3) is 0 Å². The van der Waals surface area contributed by atoms with Gasteiger partial charge in [0.1, 0.15) is 5.75 Å². The smallest absolute Gasteiger partial charge is 0.387 e. The number of hydrogen-bond donors (Lipinski definition) is 1. The van der Waals surface area contributed by atoms with Gasteiger partial charge in [0.15, 0.2) is 4.90 Å². The molecule has 0 aliphatic rings. The van der Waals surface area contributed by atoms with Crippen LogP contribution in [0.2, 0.25) is 0 Å². The van der Waals surface area contributed by atoms with E-state index in [1.54, 1.807) is 0 Å². The highest BCUT2D eigenvalue weighted by molar-refractivity contribution is 7.93. The third kappa shape index (κ3) is 3.77. The summed E-state index contributed by atoms with van der Waals surface area (Å²) in [5.41, 5.74) is -0.728. The number of rotatable bonds is 6. The highest BCUT2D eigenvalue weighted by atomic mass is 32.2. The van der Waals surface area contributed by atoms with Crippen molar-refractivity contribution < 1.29 is 26.9 Å². The molecule has 0 unspecified atom stereocenters. The molecule has 128 valence electrons. The van der Waals surface area contributed by atoms with Crippen LogP contribution in [-0.2, 0) is 10.0 Å². The van der Waals surface area contributed by atoms with E-state index in [4.69, 9.17) is 0 Å². The third-order valence-electron chi connectivity index (χ3n) is 3.00. The van der Waals surface area contributed by atoms with Crippen LogP contribution in [0.3, 0.4) is 0 Å². The number of ether oxygens (including phenoxy) is 1. The maximum absolute atomic E-state index is 12.5. The van der Waals surface area contributed by atoms with E-state index < -0.39 is 37.9 Å². The molecule has 7 nitrogen and oxygen atoms in total. The number of anilines is 1. The number of halogens is 2. The molecule has 1 N–H and O–H groups in total. The van der Waals surface area contributed by atoms with Gasteiger partial charge in [-0.05, 0) is 24.6 Å². The van der Waals surface area contributed by atoms with Crippen molar-refractivity contribution in [2.75, 3.05) is 4.72 Å². The van der Waals surface area contributed by atoms with Crippen molar-refractivity contribution in [1.29, 1.82) is 0 Å². The molecule has 0 heterocycles. The molecular weight excluding hydrogens is 346 g/mol. The summed E-state index contributed by atoms with van der Waals surface area (Å²) in [6, 6.07) is 8.93. The molecule has 0 amide bonds. The summed E-state index contributed by atoms with van der Waals surface area (Å²) in [5, 5.41) is 11.1. The minimum atomic E-state index is -4.39. The average molecular weight is 358 g/mol. The van der Waals surface area contributed by atoms with Crippen LogP contribution in [0.4, 0.5) is 20.2 Å². The Hall–Kier alpha value is -2.75. The van der Waals surface area contributed by atoms with Crippen LogP contribution in [-0.4, -0.2) is 20.0 Å². The molecule has 10 heteroatoms. The monoisotopic (exact) mass is 358 g/mol. The van der Waals surface area contributed by atoms with Crippen LogP contribution in [0.5, 0.6) is 5.75 Å². The summed E-state index contributed by atoms with van der Waals surface area (Å²) >= 11 is 0. The average Bonchev–Trinajstić information content (AvgIpc) is 2.48. The summed E-state index contributed by atoms with van der Waals surface area (Å²) in [5.74, 6) is -0.396. The molecular formula is C14H12F2N2O5S. The second kappa shape index (κ2) is 6.79. The summed E-state index contributed by atoms with van der Waals surface area (Å²) in [7, 11) is -4.39. The molecule has 2 rings (SSSR count). The Balaban J connectivity index is 2.50. The van der Waals surface area contributed by atoms with E-state index in [9.17, 15) is 27.3 Å². The molecule has 24 heavy (non-hydrogen) atoms. The number of nitrogens with one attached hydrogen (secondary N) is 1. The summed E-state index contributed by atoms with van der Waals surface area (Å²) in [6.07, 6.45) is 0. The van der Waals surface area contributed by atoms with Crippen molar-refractivity contribution in [3.8, 4) is 5.75 Å². The quantitative estimate of drug-likeness (QED) is 0.631. The molecule has 0 spiro atoms. The SMILES string of the molecule is Cc1cccc([N+](=O)[O-])c1S(=O)(=O)Nc1ccccc1OC(F)F. The maximum atomic E-state index is 12.5. The Kier molecular flexibility index (Phi) is 4.98. The Morgan fingerprint density at radius 1 is 1.17 bits per heavy atom. The fourth-order valence-electron chi connectivity index (χ4n) is 2.08. The fourth-order valence-corrected chi connectivity index (χ4v) is 3.55. The number of benzene rings is 2. The number of alkyl halides is 2. The van der Waals surface area contributed by atoms with Gasteiger partial charge in [-0.3, -0.25) is 14.8 Å². The number of nitro groups is 1. The Labute approximate surface area is 136 Å². The second-order valence-electron chi connectivity index (χ2n) is 4.66. The minimum absolute atomic E-state index is 0.143. The fraction of sp³-hybridized carbons (Fsp3) is 0.143. The van der Waals surface area contributed by atoms with Crippen LogP contribution >= 0.6 is 0 Å². The Morgan fingerprint density at radius 3 is 2.46 bits per heavy atom. The molecule has 0 bridgehead atoms. The number of aryl methyl sites for hydroxylation is 1. The van der Waals surface area contributed by atoms with E-state index in [0.717, 1.165) is 12.1 Å². The van der Waals surface area contributed by atoms with Gasteiger partial charge in [0.25, 0.3) is 15.7 Å². The maximum Gasteiger partial charge on any atom is 0.387 e. The number of para-hydroxylation sites is 2. The normalized spacial score (nSPS) is 11.3. The van der Waals surface area contributed by atoms with Crippen molar-refractivity contribution in [2.45, 2.75) is 18.4 Å².